The van der Waals surface area contributed by atoms with Gasteiger partial charge in [-0.1, -0.05) is 74.5 Å². The van der Waals surface area contributed by atoms with Crippen LogP contribution in [0, 0.1) is 12.8 Å². The first-order valence-corrected chi connectivity index (χ1v) is 15.9. The maximum Gasteiger partial charge on any atom is 0.248 e. The smallest absolute Gasteiger partial charge is 0.248 e. The molecule has 2 heterocycles. The minimum Gasteiger partial charge on any atom is -0.367 e. The van der Waals surface area contributed by atoms with Gasteiger partial charge >= 0.3 is 0 Å². The Morgan fingerprint density at radius 1 is 0.935 bits per heavy atom. The van der Waals surface area contributed by atoms with E-state index in [9.17, 15) is 19.2 Å². The van der Waals surface area contributed by atoms with Crippen LogP contribution in [-0.2, 0) is 43.5 Å². The van der Waals surface area contributed by atoms with E-state index in [0.29, 0.717) is 57.2 Å². The average molecular weight is 632 g/mol. The summed E-state index contributed by atoms with van der Waals surface area (Å²) in [5, 5.41) is 13.3. The van der Waals surface area contributed by atoms with Gasteiger partial charge in [0.1, 0.15) is 25.0 Å². The van der Waals surface area contributed by atoms with E-state index in [4.69, 9.17) is 4.74 Å². The number of rotatable bonds is 7. The van der Waals surface area contributed by atoms with E-state index in [1.54, 1.807) is 11.8 Å². The number of nitrogens with one attached hydrogen (secondary N) is 3. The number of amides is 4. The largest absolute Gasteiger partial charge is 0.367 e. The fourth-order valence-corrected chi connectivity index (χ4v) is 5.33. The summed E-state index contributed by atoms with van der Waals surface area (Å²) in [6, 6.07) is 17.7. The number of nitrogens with zero attached hydrogens (tertiary/aromatic N) is 4. The van der Waals surface area contributed by atoms with Crippen molar-refractivity contribution in [1.29, 1.82) is 0 Å². The van der Waals surface area contributed by atoms with Gasteiger partial charge in [-0.15, -0.1) is 0 Å². The molecule has 1 aliphatic heterocycles. The summed E-state index contributed by atoms with van der Waals surface area (Å²) < 4.78 is 7.20. The third kappa shape index (κ3) is 10.5. The molecule has 12 nitrogen and oxygen atoms in total. The number of carbonyl (C=O) groups is 4. The van der Waals surface area contributed by atoms with E-state index in [1.165, 1.54) is 4.68 Å². The molecular formula is C34H45N7O5. The van der Waals surface area contributed by atoms with Gasteiger partial charge in [-0.2, -0.15) is 5.10 Å². The number of hydrogen-bond donors (Lipinski definition) is 3. The zero-order valence-corrected chi connectivity index (χ0v) is 26.9. The van der Waals surface area contributed by atoms with Gasteiger partial charge in [0.15, 0.2) is 5.82 Å². The Morgan fingerprint density at radius 2 is 1.61 bits per heavy atom. The first-order valence-electron chi connectivity index (χ1n) is 15.9. The van der Waals surface area contributed by atoms with Gasteiger partial charge in [0, 0.05) is 32.5 Å². The molecule has 12 heteroatoms. The molecule has 0 aliphatic carbocycles. The molecule has 46 heavy (non-hydrogen) atoms. The van der Waals surface area contributed by atoms with Gasteiger partial charge in [0.25, 0.3) is 0 Å². The second-order valence-corrected chi connectivity index (χ2v) is 11.9. The van der Waals surface area contributed by atoms with E-state index in [-0.39, 0.29) is 49.1 Å². The number of aromatic nitrogens is 3. The van der Waals surface area contributed by atoms with Crippen molar-refractivity contribution in [2.24, 2.45) is 5.92 Å². The lowest BCUT2D eigenvalue weighted by molar-refractivity contribution is -0.137. The van der Waals surface area contributed by atoms with Crippen molar-refractivity contribution in [2.75, 3.05) is 26.2 Å². The highest BCUT2D eigenvalue weighted by Crippen LogP contribution is 2.21. The Labute approximate surface area is 270 Å². The molecular weight excluding hydrogens is 586 g/mol. The minimum atomic E-state index is -0.847. The molecule has 1 aromatic heterocycles. The Balaban J connectivity index is 1.51. The van der Waals surface area contributed by atoms with Crippen molar-refractivity contribution in [3.05, 3.63) is 83.4 Å². The number of carbonyl (C=O) groups excluding carboxylic acids is 4. The molecule has 0 radical (unpaired) electrons. The predicted octanol–water partition coefficient (Wildman–Crippen LogP) is 2.47. The SMILES string of the molecule is Cc1nc2n(n1)CC(=O)NCCCN(C(=O)COCc1ccccc1)CCCC(=O)N[C@H](Cc1ccccc1)C(=O)N[C@H]2C(C)C. The summed E-state index contributed by atoms with van der Waals surface area (Å²) in [7, 11) is 0. The number of hydrogen-bond acceptors (Lipinski definition) is 7. The van der Waals surface area contributed by atoms with E-state index in [2.05, 4.69) is 26.0 Å². The molecule has 1 aliphatic rings. The van der Waals surface area contributed by atoms with E-state index in [1.807, 2.05) is 74.5 Å². The minimum absolute atomic E-state index is 0.0740. The van der Waals surface area contributed by atoms with Gasteiger partial charge in [-0.25, -0.2) is 9.67 Å². The highest BCUT2D eigenvalue weighted by molar-refractivity contribution is 5.88. The summed E-state index contributed by atoms with van der Waals surface area (Å²) >= 11 is 0. The number of aryl methyl sites for hydroxylation is 1. The van der Waals surface area contributed by atoms with Crippen LogP contribution in [0.2, 0.25) is 0 Å². The summed E-state index contributed by atoms with van der Waals surface area (Å²) in [6.45, 7) is 6.85. The Morgan fingerprint density at radius 3 is 2.30 bits per heavy atom. The molecule has 0 spiro atoms. The fourth-order valence-electron chi connectivity index (χ4n) is 5.33. The topological polar surface area (TPSA) is 148 Å². The molecule has 2 atom stereocenters. The van der Waals surface area contributed by atoms with Crippen molar-refractivity contribution in [2.45, 2.75) is 71.7 Å². The molecule has 4 rings (SSSR count). The lowest BCUT2D eigenvalue weighted by atomic mass is 10.0. The Kier molecular flexibility index (Phi) is 12.8. The molecule has 0 bridgehead atoms. The first-order chi connectivity index (χ1) is 22.2. The molecule has 0 saturated heterocycles. The summed E-state index contributed by atoms with van der Waals surface area (Å²) in [5.41, 5.74) is 1.86. The lowest BCUT2D eigenvalue weighted by Crippen LogP contribution is -2.50. The van der Waals surface area contributed by atoms with Crippen LogP contribution in [0.4, 0.5) is 0 Å². The van der Waals surface area contributed by atoms with Crippen LogP contribution in [0.3, 0.4) is 0 Å². The van der Waals surface area contributed by atoms with Crippen LogP contribution in [0.15, 0.2) is 60.7 Å². The van der Waals surface area contributed by atoms with Crippen molar-refractivity contribution >= 4 is 23.6 Å². The monoisotopic (exact) mass is 631 g/mol. The maximum atomic E-state index is 13.8. The number of benzene rings is 2. The Hall–Kier alpha value is -4.58. The predicted molar refractivity (Wildman–Crippen MR) is 172 cm³/mol. The third-order valence-corrected chi connectivity index (χ3v) is 7.73. The molecule has 3 aromatic rings. The van der Waals surface area contributed by atoms with Gasteiger partial charge < -0.3 is 25.6 Å². The van der Waals surface area contributed by atoms with Crippen LogP contribution >= 0.6 is 0 Å². The van der Waals surface area contributed by atoms with Crippen molar-refractivity contribution < 1.29 is 23.9 Å². The van der Waals surface area contributed by atoms with Gasteiger partial charge in [-0.05, 0) is 36.8 Å². The van der Waals surface area contributed by atoms with E-state index >= 15 is 0 Å². The molecule has 0 unspecified atom stereocenters. The van der Waals surface area contributed by atoms with Crippen molar-refractivity contribution in [3.63, 3.8) is 0 Å². The molecule has 246 valence electrons. The van der Waals surface area contributed by atoms with Crippen LogP contribution in [0.1, 0.15) is 61.9 Å². The molecule has 2 aromatic carbocycles. The van der Waals surface area contributed by atoms with Gasteiger partial charge in [0.05, 0.1) is 12.6 Å². The quantitative estimate of drug-likeness (QED) is 0.363. The number of ether oxygens (including phenoxy) is 1. The average Bonchev–Trinajstić information content (AvgIpc) is 3.39. The number of fused-ring (bicyclic) bond motifs is 1. The third-order valence-electron chi connectivity index (χ3n) is 7.73. The molecule has 0 saturated carbocycles. The normalized spacial score (nSPS) is 19.0. The summed E-state index contributed by atoms with van der Waals surface area (Å²) in [4.78, 5) is 59.2. The van der Waals surface area contributed by atoms with Crippen LogP contribution < -0.4 is 16.0 Å². The van der Waals surface area contributed by atoms with Crippen molar-refractivity contribution in [3.8, 4) is 0 Å². The fraction of sp³-hybridized carbons (Fsp3) is 0.471. The van der Waals surface area contributed by atoms with E-state index in [0.717, 1.165) is 11.1 Å². The zero-order chi connectivity index (χ0) is 32.9. The maximum absolute atomic E-state index is 13.8. The molecule has 4 amide bonds. The second kappa shape index (κ2) is 17.2. The molecule has 3 N–H and O–H groups in total. The second-order valence-electron chi connectivity index (χ2n) is 11.9. The van der Waals surface area contributed by atoms with E-state index < -0.39 is 12.1 Å². The first kappa shape index (κ1) is 34.3. The standard InChI is InChI=1S/C34H45N7O5/c1-24(2)32-33-36-25(3)39-41(33)21-30(43)35-17-11-19-40(31(44)23-46-22-27-14-8-5-9-15-27)18-10-16-29(42)37-28(34(45)38-32)20-26-12-6-4-7-13-26/h4-9,12-15,24,28,32H,10-11,16-23H2,1-3H3,(H,35,43)(H,37,42)(H,38,45)/t28-,32+/m1/s1. The summed E-state index contributed by atoms with van der Waals surface area (Å²) in [5.74, 6) is -0.215. The van der Waals surface area contributed by atoms with Crippen LogP contribution in [0.5, 0.6) is 0 Å². The van der Waals surface area contributed by atoms with Crippen LogP contribution in [0.25, 0.3) is 0 Å². The zero-order valence-electron chi connectivity index (χ0n) is 26.9. The molecule has 0 fully saturated rings. The lowest BCUT2D eigenvalue weighted by Gasteiger charge is -2.26. The highest BCUT2D eigenvalue weighted by Gasteiger charge is 2.30. The Bertz CT molecular complexity index is 1440. The highest BCUT2D eigenvalue weighted by atomic mass is 16.5. The van der Waals surface area contributed by atoms with Crippen molar-refractivity contribution in [1.82, 2.24) is 35.6 Å². The van der Waals surface area contributed by atoms with Gasteiger partial charge in [-0.3, -0.25) is 19.2 Å². The van der Waals surface area contributed by atoms with Gasteiger partial charge in [0.2, 0.25) is 23.6 Å². The summed E-state index contributed by atoms with van der Waals surface area (Å²) in [6.07, 6.45) is 1.35. The van der Waals surface area contributed by atoms with Crippen LogP contribution in [-0.4, -0.2) is 75.6 Å².